The quantitative estimate of drug-likeness (QED) is 0.845. The molecule has 1 aromatic heterocycles. The van der Waals surface area contributed by atoms with Gasteiger partial charge >= 0.3 is 0 Å². The standard InChI is InChI=1S/C13H20N4O/c1-10-9-17(8-7-16(10)3)13(18)11-5-4-6-15-12(11)14-2/h4-6,10H,7-9H2,1-3H3,(H,14,15). The Morgan fingerprint density at radius 3 is 2.94 bits per heavy atom. The smallest absolute Gasteiger partial charge is 0.257 e. The molecule has 1 atom stereocenters. The summed E-state index contributed by atoms with van der Waals surface area (Å²) >= 11 is 0. The second-order valence-electron chi connectivity index (χ2n) is 4.73. The van der Waals surface area contributed by atoms with E-state index in [-0.39, 0.29) is 5.91 Å². The Hall–Kier alpha value is -1.62. The first-order valence-electron chi connectivity index (χ1n) is 6.25. The van der Waals surface area contributed by atoms with Crippen molar-refractivity contribution in [1.29, 1.82) is 0 Å². The second kappa shape index (κ2) is 5.35. The van der Waals surface area contributed by atoms with Crippen LogP contribution in [0.2, 0.25) is 0 Å². The molecule has 1 unspecified atom stereocenters. The number of nitrogens with zero attached hydrogens (tertiary/aromatic N) is 3. The molecule has 1 saturated heterocycles. The number of aromatic nitrogens is 1. The maximum atomic E-state index is 12.5. The zero-order valence-corrected chi connectivity index (χ0v) is 11.2. The Labute approximate surface area is 108 Å². The van der Waals surface area contributed by atoms with Crippen molar-refractivity contribution in [2.75, 3.05) is 39.0 Å². The van der Waals surface area contributed by atoms with Crippen molar-refractivity contribution in [3.63, 3.8) is 0 Å². The lowest BCUT2D eigenvalue weighted by Gasteiger charge is -2.37. The number of piperazine rings is 1. The van der Waals surface area contributed by atoms with Crippen molar-refractivity contribution in [3.05, 3.63) is 23.9 Å². The number of carbonyl (C=O) groups is 1. The lowest BCUT2D eigenvalue weighted by Crippen LogP contribution is -2.52. The first kappa shape index (κ1) is 12.8. The topological polar surface area (TPSA) is 48.5 Å². The molecule has 0 aliphatic carbocycles. The van der Waals surface area contributed by atoms with Gasteiger partial charge in [0.1, 0.15) is 5.82 Å². The molecule has 18 heavy (non-hydrogen) atoms. The average Bonchev–Trinajstić information content (AvgIpc) is 2.41. The first-order valence-corrected chi connectivity index (χ1v) is 6.25. The van der Waals surface area contributed by atoms with Gasteiger partial charge in [0.2, 0.25) is 0 Å². The number of pyridine rings is 1. The van der Waals surface area contributed by atoms with Gasteiger partial charge in [-0.1, -0.05) is 0 Å². The summed E-state index contributed by atoms with van der Waals surface area (Å²) in [5.41, 5.74) is 0.650. The van der Waals surface area contributed by atoms with Crippen molar-refractivity contribution in [2.45, 2.75) is 13.0 Å². The van der Waals surface area contributed by atoms with Crippen LogP contribution >= 0.6 is 0 Å². The van der Waals surface area contributed by atoms with Crippen LogP contribution in [0.4, 0.5) is 5.82 Å². The zero-order chi connectivity index (χ0) is 13.1. The Balaban J connectivity index is 2.16. The Kier molecular flexibility index (Phi) is 3.81. The summed E-state index contributed by atoms with van der Waals surface area (Å²) in [7, 11) is 3.88. The lowest BCUT2D eigenvalue weighted by molar-refractivity contribution is 0.0573. The van der Waals surface area contributed by atoms with Gasteiger partial charge in [-0.3, -0.25) is 4.79 Å². The minimum Gasteiger partial charge on any atom is -0.372 e. The fraction of sp³-hybridized carbons (Fsp3) is 0.538. The summed E-state index contributed by atoms with van der Waals surface area (Å²) in [6.07, 6.45) is 1.69. The van der Waals surface area contributed by atoms with Crippen molar-refractivity contribution in [3.8, 4) is 0 Å². The number of anilines is 1. The van der Waals surface area contributed by atoms with E-state index in [4.69, 9.17) is 0 Å². The van der Waals surface area contributed by atoms with E-state index in [1.807, 2.05) is 11.0 Å². The monoisotopic (exact) mass is 248 g/mol. The maximum Gasteiger partial charge on any atom is 0.257 e. The SMILES string of the molecule is CNc1ncccc1C(=O)N1CCN(C)C(C)C1. The van der Waals surface area contributed by atoms with Crippen LogP contribution in [0.15, 0.2) is 18.3 Å². The number of hydrogen-bond acceptors (Lipinski definition) is 4. The van der Waals surface area contributed by atoms with Crippen molar-refractivity contribution in [2.24, 2.45) is 0 Å². The van der Waals surface area contributed by atoms with E-state index in [1.165, 1.54) is 0 Å². The number of carbonyl (C=O) groups excluding carboxylic acids is 1. The molecular formula is C13H20N4O. The van der Waals surface area contributed by atoms with Gasteiger partial charge in [0.05, 0.1) is 5.56 Å². The number of rotatable bonds is 2. The summed E-state index contributed by atoms with van der Waals surface area (Å²) in [6, 6.07) is 4.02. The molecule has 2 heterocycles. The molecule has 0 aromatic carbocycles. The van der Waals surface area contributed by atoms with E-state index in [1.54, 1.807) is 19.3 Å². The maximum absolute atomic E-state index is 12.5. The Morgan fingerprint density at radius 2 is 2.28 bits per heavy atom. The summed E-state index contributed by atoms with van der Waals surface area (Å²) in [6.45, 7) is 4.61. The summed E-state index contributed by atoms with van der Waals surface area (Å²) < 4.78 is 0. The van der Waals surface area contributed by atoms with Gasteiger partial charge in [0.15, 0.2) is 0 Å². The average molecular weight is 248 g/mol. The molecule has 0 radical (unpaired) electrons. The summed E-state index contributed by atoms with van der Waals surface area (Å²) in [5, 5.41) is 2.97. The van der Waals surface area contributed by atoms with Crippen LogP contribution in [0, 0.1) is 0 Å². The van der Waals surface area contributed by atoms with Crippen molar-refractivity contribution < 1.29 is 4.79 Å². The van der Waals surface area contributed by atoms with E-state index >= 15 is 0 Å². The minimum atomic E-state index is 0.0624. The molecule has 1 amide bonds. The second-order valence-corrected chi connectivity index (χ2v) is 4.73. The summed E-state index contributed by atoms with van der Waals surface area (Å²) in [5.74, 6) is 0.710. The normalized spacial score (nSPS) is 20.8. The third-order valence-corrected chi connectivity index (χ3v) is 3.52. The van der Waals surface area contributed by atoms with Crippen molar-refractivity contribution >= 4 is 11.7 Å². The number of hydrogen-bond donors (Lipinski definition) is 1. The molecule has 1 aromatic rings. The van der Waals surface area contributed by atoms with E-state index < -0.39 is 0 Å². The summed E-state index contributed by atoms with van der Waals surface area (Å²) in [4.78, 5) is 20.8. The van der Waals surface area contributed by atoms with Crippen LogP contribution in [0.5, 0.6) is 0 Å². The Morgan fingerprint density at radius 1 is 1.50 bits per heavy atom. The highest BCUT2D eigenvalue weighted by molar-refractivity contribution is 5.98. The molecule has 0 spiro atoms. The molecule has 5 nitrogen and oxygen atoms in total. The molecule has 0 bridgehead atoms. The molecule has 1 N–H and O–H groups in total. The van der Waals surface area contributed by atoms with E-state index in [2.05, 4.69) is 29.2 Å². The van der Waals surface area contributed by atoms with Crippen LogP contribution in [-0.4, -0.2) is 60.5 Å². The third kappa shape index (κ3) is 2.46. The molecule has 1 aliphatic rings. The van der Waals surface area contributed by atoms with Gasteiger partial charge in [-0.05, 0) is 26.1 Å². The van der Waals surface area contributed by atoms with Crippen LogP contribution in [0.25, 0.3) is 0 Å². The van der Waals surface area contributed by atoms with Gasteiger partial charge in [0, 0.05) is 38.9 Å². The minimum absolute atomic E-state index is 0.0624. The predicted molar refractivity (Wildman–Crippen MR) is 71.8 cm³/mol. The largest absolute Gasteiger partial charge is 0.372 e. The van der Waals surface area contributed by atoms with Crippen LogP contribution in [0.1, 0.15) is 17.3 Å². The van der Waals surface area contributed by atoms with Gasteiger partial charge in [0.25, 0.3) is 5.91 Å². The highest BCUT2D eigenvalue weighted by atomic mass is 16.2. The van der Waals surface area contributed by atoms with Crippen LogP contribution in [-0.2, 0) is 0 Å². The number of nitrogens with one attached hydrogen (secondary N) is 1. The number of likely N-dealkylation sites (N-methyl/N-ethyl adjacent to an activating group) is 1. The molecule has 1 fully saturated rings. The highest BCUT2D eigenvalue weighted by Crippen LogP contribution is 2.16. The molecule has 1 aliphatic heterocycles. The molecule has 5 heteroatoms. The fourth-order valence-electron chi connectivity index (χ4n) is 2.18. The molecule has 98 valence electrons. The van der Waals surface area contributed by atoms with Gasteiger partial charge in [-0.15, -0.1) is 0 Å². The first-order chi connectivity index (χ1) is 8.63. The molecule has 2 rings (SSSR count). The third-order valence-electron chi connectivity index (χ3n) is 3.52. The van der Waals surface area contributed by atoms with E-state index in [0.717, 1.165) is 19.6 Å². The van der Waals surface area contributed by atoms with Gasteiger partial charge < -0.3 is 15.1 Å². The van der Waals surface area contributed by atoms with Crippen LogP contribution in [0.3, 0.4) is 0 Å². The molecular weight excluding hydrogens is 228 g/mol. The molecule has 0 saturated carbocycles. The highest BCUT2D eigenvalue weighted by Gasteiger charge is 2.26. The zero-order valence-electron chi connectivity index (χ0n) is 11.2. The van der Waals surface area contributed by atoms with E-state index in [0.29, 0.717) is 17.4 Å². The fourth-order valence-corrected chi connectivity index (χ4v) is 2.18. The number of amides is 1. The van der Waals surface area contributed by atoms with E-state index in [9.17, 15) is 4.79 Å². The van der Waals surface area contributed by atoms with Crippen molar-refractivity contribution in [1.82, 2.24) is 14.8 Å². The predicted octanol–water partition coefficient (Wildman–Crippen LogP) is 0.899. The van der Waals surface area contributed by atoms with Gasteiger partial charge in [-0.25, -0.2) is 4.98 Å². The van der Waals surface area contributed by atoms with Crippen LogP contribution < -0.4 is 5.32 Å². The lowest BCUT2D eigenvalue weighted by atomic mass is 10.1. The Bertz CT molecular complexity index is 435. The van der Waals surface area contributed by atoms with Gasteiger partial charge in [-0.2, -0.15) is 0 Å².